The van der Waals surface area contributed by atoms with Crippen LogP contribution in [0, 0.1) is 0 Å². The van der Waals surface area contributed by atoms with Crippen molar-refractivity contribution in [1.29, 1.82) is 0 Å². The summed E-state index contributed by atoms with van der Waals surface area (Å²) >= 11 is 0. The van der Waals surface area contributed by atoms with Crippen molar-refractivity contribution in [2.75, 3.05) is 13.2 Å². The molecule has 1 unspecified atom stereocenters. The SMILES string of the molecule is O=C(O)c1ccc(C(=O)OCCC(O)CCO)cc1. The number of benzene rings is 1. The number of carbonyl (C=O) groups excluding carboxylic acids is 1. The summed E-state index contributed by atoms with van der Waals surface area (Å²) in [6.07, 6.45) is -0.211. The third-order valence-electron chi connectivity index (χ3n) is 2.51. The molecule has 6 heteroatoms. The summed E-state index contributed by atoms with van der Waals surface area (Å²) in [7, 11) is 0. The number of aliphatic hydroxyl groups excluding tert-OH is 2. The fraction of sp³-hybridized carbons (Fsp3) is 0.385. The molecule has 104 valence electrons. The number of carboxylic acid groups (broad SMARTS) is 1. The fourth-order valence-electron chi connectivity index (χ4n) is 1.41. The van der Waals surface area contributed by atoms with Gasteiger partial charge in [0.2, 0.25) is 0 Å². The standard InChI is InChI=1S/C13H16O6/c14-7-5-11(15)6-8-19-13(18)10-3-1-9(2-4-10)12(16)17/h1-4,11,14-15H,5-8H2,(H,16,17). The van der Waals surface area contributed by atoms with Crippen LogP contribution in [0.15, 0.2) is 24.3 Å². The van der Waals surface area contributed by atoms with Gasteiger partial charge < -0.3 is 20.1 Å². The van der Waals surface area contributed by atoms with Crippen molar-refractivity contribution in [3.05, 3.63) is 35.4 Å². The molecule has 1 aromatic carbocycles. The van der Waals surface area contributed by atoms with E-state index in [-0.39, 0.29) is 37.2 Å². The predicted octanol–water partition coefficient (Wildman–Crippen LogP) is 0.675. The number of carbonyl (C=O) groups is 2. The number of rotatable bonds is 7. The van der Waals surface area contributed by atoms with E-state index in [4.69, 9.17) is 14.9 Å². The van der Waals surface area contributed by atoms with E-state index < -0.39 is 18.0 Å². The molecular formula is C13H16O6. The van der Waals surface area contributed by atoms with E-state index in [1.165, 1.54) is 24.3 Å². The van der Waals surface area contributed by atoms with Crippen LogP contribution in [-0.4, -0.2) is 46.6 Å². The van der Waals surface area contributed by atoms with Gasteiger partial charge in [0, 0.05) is 13.0 Å². The van der Waals surface area contributed by atoms with Crippen molar-refractivity contribution < 1.29 is 29.6 Å². The first-order valence-electron chi connectivity index (χ1n) is 5.84. The van der Waals surface area contributed by atoms with E-state index in [2.05, 4.69) is 0 Å². The molecule has 1 atom stereocenters. The summed E-state index contributed by atoms with van der Waals surface area (Å²) in [4.78, 5) is 22.2. The van der Waals surface area contributed by atoms with Gasteiger partial charge in [0.25, 0.3) is 0 Å². The average Bonchev–Trinajstić information content (AvgIpc) is 2.39. The first kappa shape index (κ1) is 15.1. The number of ether oxygens (including phenoxy) is 1. The first-order chi connectivity index (χ1) is 9.04. The van der Waals surface area contributed by atoms with E-state index in [1.54, 1.807) is 0 Å². The summed E-state index contributed by atoms with van der Waals surface area (Å²) in [5.74, 6) is -1.64. The molecule has 0 saturated heterocycles. The minimum Gasteiger partial charge on any atom is -0.478 e. The normalized spacial score (nSPS) is 11.9. The Morgan fingerprint density at radius 2 is 1.68 bits per heavy atom. The number of esters is 1. The van der Waals surface area contributed by atoms with Crippen LogP contribution in [0.4, 0.5) is 0 Å². The molecule has 0 aliphatic carbocycles. The Morgan fingerprint density at radius 1 is 1.11 bits per heavy atom. The van der Waals surface area contributed by atoms with Gasteiger partial charge >= 0.3 is 11.9 Å². The Kier molecular flexibility index (Phi) is 5.98. The molecule has 0 fully saturated rings. The lowest BCUT2D eigenvalue weighted by Gasteiger charge is -2.09. The molecule has 0 aliphatic heterocycles. The van der Waals surface area contributed by atoms with Crippen LogP contribution >= 0.6 is 0 Å². The molecule has 0 aliphatic rings. The fourth-order valence-corrected chi connectivity index (χ4v) is 1.41. The molecule has 6 nitrogen and oxygen atoms in total. The molecule has 1 aromatic rings. The molecule has 19 heavy (non-hydrogen) atoms. The molecule has 0 saturated carbocycles. The van der Waals surface area contributed by atoms with Gasteiger partial charge in [0.15, 0.2) is 0 Å². The lowest BCUT2D eigenvalue weighted by Crippen LogP contribution is -2.14. The van der Waals surface area contributed by atoms with Crippen LogP contribution in [0.5, 0.6) is 0 Å². The van der Waals surface area contributed by atoms with Crippen molar-refractivity contribution in [1.82, 2.24) is 0 Å². The highest BCUT2D eigenvalue weighted by molar-refractivity contribution is 5.92. The minimum absolute atomic E-state index is 0.0423. The topological polar surface area (TPSA) is 104 Å². The number of carboxylic acids is 1. The summed E-state index contributed by atoms with van der Waals surface area (Å²) in [6, 6.07) is 5.38. The van der Waals surface area contributed by atoms with Crippen LogP contribution in [0.1, 0.15) is 33.6 Å². The smallest absolute Gasteiger partial charge is 0.338 e. The lowest BCUT2D eigenvalue weighted by atomic mass is 10.1. The Balaban J connectivity index is 2.43. The van der Waals surface area contributed by atoms with Crippen LogP contribution in [0.25, 0.3) is 0 Å². The zero-order valence-corrected chi connectivity index (χ0v) is 10.3. The second kappa shape index (κ2) is 7.50. The van der Waals surface area contributed by atoms with E-state index in [0.29, 0.717) is 0 Å². The quantitative estimate of drug-likeness (QED) is 0.628. The van der Waals surface area contributed by atoms with Gasteiger partial charge in [-0.25, -0.2) is 9.59 Å². The maximum absolute atomic E-state index is 11.6. The molecule has 0 bridgehead atoms. The van der Waals surface area contributed by atoms with Crippen LogP contribution in [0.2, 0.25) is 0 Å². The maximum atomic E-state index is 11.6. The Morgan fingerprint density at radius 3 is 2.21 bits per heavy atom. The molecule has 0 aromatic heterocycles. The van der Waals surface area contributed by atoms with Crippen molar-refractivity contribution in [2.24, 2.45) is 0 Å². The average molecular weight is 268 g/mol. The van der Waals surface area contributed by atoms with Gasteiger partial charge in [-0.1, -0.05) is 0 Å². The summed E-state index contributed by atoms with van der Waals surface area (Å²) < 4.78 is 4.92. The Bertz CT molecular complexity index is 425. The molecule has 0 radical (unpaired) electrons. The number of hydrogen-bond donors (Lipinski definition) is 3. The molecule has 1 rings (SSSR count). The summed E-state index contributed by atoms with van der Waals surface area (Å²) in [6.45, 7) is -0.0769. The highest BCUT2D eigenvalue weighted by atomic mass is 16.5. The van der Waals surface area contributed by atoms with Gasteiger partial charge in [-0.2, -0.15) is 0 Å². The zero-order valence-electron chi connectivity index (χ0n) is 10.3. The third-order valence-corrected chi connectivity index (χ3v) is 2.51. The van der Waals surface area contributed by atoms with Gasteiger partial charge in [0.05, 0.1) is 23.8 Å². The monoisotopic (exact) mass is 268 g/mol. The first-order valence-corrected chi connectivity index (χ1v) is 5.84. The van der Waals surface area contributed by atoms with Gasteiger partial charge in [-0.3, -0.25) is 0 Å². The van der Waals surface area contributed by atoms with Crippen LogP contribution < -0.4 is 0 Å². The minimum atomic E-state index is -1.06. The maximum Gasteiger partial charge on any atom is 0.338 e. The van der Waals surface area contributed by atoms with Crippen molar-refractivity contribution in [3.63, 3.8) is 0 Å². The van der Waals surface area contributed by atoms with Crippen LogP contribution in [-0.2, 0) is 4.74 Å². The lowest BCUT2D eigenvalue weighted by molar-refractivity contribution is 0.0407. The van der Waals surface area contributed by atoms with Crippen molar-refractivity contribution in [2.45, 2.75) is 18.9 Å². The molecular weight excluding hydrogens is 252 g/mol. The van der Waals surface area contributed by atoms with Gasteiger partial charge in [-0.15, -0.1) is 0 Å². The Hall–Kier alpha value is -1.92. The van der Waals surface area contributed by atoms with Crippen LogP contribution in [0.3, 0.4) is 0 Å². The zero-order chi connectivity index (χ0) is 14.3. The third kappa shape index (κ3) is 5.07. The van der Waals surface area contributed by atoms with E-state index >= 15 is 0 Å². The van der Waals surface area contributed by atoms with Gasteiger partial charge in [0.1, 0.15) is 0 Å². The van der Waals surface area contributed by atoms with E-state index in [9.17, 15) is 14.7 Å². The predicted molar refractivity (Wildman–Crippen MR) is 66.0 cm³/mol. The second-order valence-corrected chi connectivity index (χ2v) is 3.97. The Labute approximate surface area is 110 Å². The highest BCUT2D eigenvalue weighted by Gasteiger charge is 2.10. The van der Waals surface area contributed by atoms with Crippen molar-refractivity contribution >= 4 is 11.9 Å². The van der Waals surface area contributed by atoms with E-state index in [1.807, 2.05) is 0 Å². The van der Waals surface area contributed by atoms with E-state index in [0.717, 1.165) is 0 Å². The number of hydrogen-bond acceptors (Lipinski definition) is 5. The summed E-state index contributed by atoms with van der Waals surface area (Å²) in [5, 5.41) is 26.6. The molecule has 0 amide bonds. The largest absolute Gasteiger partial charge is 0.478 e. The second-order valence-electron chi connectivity index (χ2n) is 3.97. The summed E-state index contributed by atoms with van der Waals surface area (Å²) in [5.41, 5.74) is 0.344. The van der Waals surface area contributed by atoms with Gasteiger partial charge in [-0.05, 0) is 30.7 Å². The molecule has 0 spiro atoms. The number of aliphatic hydroxyl groups is 2. The molecule has 3 N–H and O–H groups in total. The highest BCUT2D eigenvalue weighted by Crippen LogP contribution is 2.07. The van der Waals surface area contributed by atoms with Crippen molar-refractivity contribution in [3.8, 4) is 0 Å². The number of aromatic carboxylic acids is 1. The molecule has 0 heterocycles.